The van der Waals surface area contributed by atoms with Crippen LogP contribution < -0.4 is 0 Å². The zero-order valence-corrected chi connectivity index (χ0v) is 27.7. The number of rotatable bonds is 21. The Labute approximate surface area is 264 Å². The van der Waals surface area contributed by atoms with Crippen LogP contribution in [0.5, 0.6) is 0 Å². The molecule has 2 aliphatic rings. The van der Waals surface area contributed by atoms with Crippen molar-refractivity contribution in [2.24, 2.45) is 23.7 Å². The molecule has 0 radical (unpaired) electrons. The molecule has 0 aliphatic carbocycles. The molecule has 0 aromatic rings. The average molecular weight is 637 g/mol. The highest BCUT2D eigenvalue weighted by molar-refractivity contribution is 4.91. The summed E-state index contributed by atoms with van der Waals surface area (Å²) < 4.78 is 22.2. The van der Waals surface area contributed by atoms with Gasteiger partial charge in [-0.15, -0.1) is 0 Å². The largest absolute Gasteiger partial charge is 0.394 e. The van der Waals surface area contributed by atoms with Crippen LogP contribution in [0, 0.1) is 23.7 Å². The van der Waals surface area contributed by atoms with Gasteiger partial charge in [0.2, 0.25) is 0 Å². The summed E-state index contributed by atoms with van der Waals surface area (Å²) in [7, 11) is 0. The van der Waals surface area contributed by atoms with E-state index in [2.05, 4.69) is 34.6 Å². The molecular formula is C33H64O11. The van der Waals surface area contributed by atoms with Crippen molar-refractivity contribution in [2.75, 3.05) is 19.8 Å². The lowest BCUT2D eigenvalue weighted by atomic mass is 9.90. The zero-order chi connectivity index (χ0) is 32.8. The van der Waals surface area contributed by atoms with Gasteiger partial charge in [0.1, 0.15) is 48.8 Å². The number of aliphatic hydroxyl groups excluding tert-OH is 7. The first-order valence-corrected chi connectivity index (χ1v) is 17.1. The van der Waals surface area contributed by atoms with Gasteiger partial charge in [0, 0.05) is 6.61 Å². The second-order valence-corrected chi connectivity index (χ2v) is 14.1. The fourth-order valence-corrected chi connectivity index (χ4v) is 6.16. The van der Waals surface area contributed by atoms with E-state index in [0.717, 1.165) is 37.0 Å². The molecule has 2 heterocycles. The summed E-state index contributed by atoms with van der Waals surface area (Å²) in [6, 6.07) is 0. The molecule has 11 nitrogen and oxygen atoms in total. The second-order valence-electron chi connectivity index (χ2n) is 14.1. The standard InChI is InChI=1S/C33H64O11/c1-20(2)10-6-11-21(3)12-7-13-22(4)14-8-15-23(5)16-9-17-41-32-30(39)29(38)27(36)25(44-32)19-42-33-31(40)28(37)26(35)24(18-34)43-33/h20-40H,6-19H2,1-5H3. The maximum absolute atomic E-state index is 10.4. The molecule has 11 heteroatoms. The van der Waals surface area contributed by atoms with E-state index in [1.807, 2.05) is 0 Å². The molecule has 2 aliphatic heterocycles. The average Bonchev–Trinajstić information content (AvgIpc) is 2.98. The maximum Gasteiger partial charge on any atom is 0.186 e. The van der Waals surface area contributed by atoms with Gasteiger partial charge >= 0.3 is 0 Å². The van der Waals surface area contributed by atoms with Crippen LogP contribution in [-0.2, 0) is 18.9 Å². The molecular weight excluding hydrogens is 572 g/mol. The van der Waals surface area contributed by atoms with Crippen molar-refractivity contribution in [3.05, 3.63) is 0 Å². The first-order chi connectivity index (χ1) is 20.8. The molecule has 0 amide bonds. The molecule has 262 valence electrons. The predicted octanol–water partition coefficient (Wildman–Crippen LogP) is 2.48. The summed E-state index contributed by atoms with van der Waals surface area (Å²) in [6.45, 7) is 10.9. The molecule has 0 aromatic carbocycles. The Morgan fingerprint density at radius 3 is 1.39 bits per heavy atom. The lowest BCUT2D eigenvalue weighted by Gasteiger charge is -2.42. The van der Waals surface area contributed by atoms with Crippen LogP contribution in [0.1, 0.15) is 105 Å². The van der Waals surface area contributed by atoms with E-state index in [9.17, 15) is 35.7 Å². The Morgan fingerprint density at radius 2 is 0.909 bits per heavy atom. The Kier molecular flexibility index (Phi) is 18.7. The van der Waals surface area contributed by atoms with Crippen LogP contribution in [0.25, 0.3) is 0 Å². The first kappa shape index (κ1) is 39.7. The molecule has 7 N–H and O–H groups in total. The topological polar surface area (TPSA) is 179 Å². The predicted molar refractivity (Wildman–Crippen MR) is 165 cm³/mol. The second kappa shape index (κ2) is 20.7. The zero-order valence-electron chi connectivity index (χ0n) is 27.7. The number of hydrogen-bond acceptors (Lipinski definition) is 11. The number of hydrogen-bond donors (Lipinski definition) is 7. The van der Waals surface area contributed by atoms with Gasteiger partial charge in [0.05, 0.1) is 13.2 Å². The minimum Gasteiger partial charge on any atom is -0.394 e. The van der Waals surface area contributed by atoms with Crippen LogP contribution in [0.2, 0.25) is 0 Å². The molecule has 0 spiro atoms. The van der Waals surface area contributed by atoms with Gasteiger partial charge in [-0.05, 0) is 36.5 Å². The highest BCUT2D eigenvalue weighted by Gasteiger charge is 2.47. The number of aliphatic hydroxyl groups is 7. The van der Waals surface area contributed by atoms with E-state index in [1.54, 1.807) is 0 Å². The van der Waals surface area contributed by atoms with Crippen molar-refractivity contribution in [3.63, 3.8) is 0 Å². The minimum atomic E-state index is -1.61. The highest BCUT2D eigenvalue weighted by Crippen LogP contribution is 2.27. The summed E-state index contributed by atoms with van der Waals surface area (Å²) in [5.41, 5.74) is 0. The van der Waals surface area contributed by atoms with Gasteiger partial charge in [0.15, 0.2) is 12.6 Å². The quantitative estimate of drug-likeness (QED) is 0.0921. The van der Waals surface area contributed by atoms with Crippen molar-refractivity contribution in [2.45, 2.75) is 167 Å². The Bertz CT molecular complexity index is 741. The monoisotopic (exact) mass is 636 g/mol. The van der Waals surface area contributed by atoms with Gasteiger partial charge in [-0.2, -0.15) is 0 Å². The molecule has 13 atom stereocenters. The molecule has 0 saturated carbocycles. The first-order valence-electron chi connectivity index (χ1n) is 17.1. The maximum atomic E-state index is 10.4. The molecule has 2 rings (SSSR count). The molecule has 2 saturated heterocycles. The SMILES string of the molecule is CC(C)CCCC(C)CCCC(C)CCCC(C)CCCOC1OC(COC2OC(CO)C(O)C(O)C2O)C(O)C(O)C1O. The van der Waals surface area contributed by atoms with Gasteiger partial charge < -0.3 is 54.7 Å². The fraction of sp³-hybridized carbons (Fsp3) is 1.00. The Hall–Kier alpha value is -0.440. The number of ether oxygens (including phenoxy) is 4. The third kappa shape index (κ3) is 13.4. The fourth-order valence-electron chi connectivity index (χ4n) is 6.16. The van der Waals surface area contributed by atoms with E-state index < -0.39 is 68.0 Å². The summed E-state index contributed by atoms with van der Waals surface area (Å²) in [6.07, 6.45) is -0.837. The van der Waals surface area contributed by atoms with Crippen molar-refractivity contribution >= 4 is 0 Å². The van der Waals surface area contributed by atoms with Crippen LogP contribution in [0.15, 0.2) is 0 Å². The minimum absolute atomic E-state index is 0.306. The summed E-state index contributed by atoms with van der Waals surface area (Å²) in [5, 5.41) is 70.5. The van der Waals surface area contributed by atoms with E-state index in [4.69, 9.17) is 18.9 Å². The van der Waals surface area contributed by atoms with Crippen molar-refractivity contribution < 1.29 is 54.7 Å². The molecule has 13 unspecified atom stereocenters. The van der Waals surface area contributed by atoms with Gasteiger partial charge in [-0.3, -0.25) is 0 Å². The summed E-state index contributed by atoms with van der Waals surface area (Å²) in [5.74, 6) is 2.91. The van der Waals surface area contributed by atoms with Crippen molar-refractivity contribution in [1.29, 1.82) is 0 Å². The van der Waals surface area contributed by atoms with E-state index in [-0.39, 0.29) is 6.61 Å². The van der Waals surface area contributed by atoms with Crippen molar-refractivity contribution in [3.8, 4) is 0 Å². The van der Waals surface area contributed by atoms with Crippen LogP contribution in [-0.4, -0.2) is 117 Å². The van der Waals surface area contributed by atoms with E-state index in [1.165, 1.54) is 51.4 Å². The van der Waals surface area contributed by atoms with Crippen LogP contribution in [0.3, 0.4) is 0 Å². The normalized spacial score (nSPS) is 35.1. The van der Waals surface area contributed by atoms with Crippen molar-refractivity contribution in [1.82, 2.24) is 0 Å². The van der Waals surface area contributed by atoms with Gasteiger partial charge in [-0.1, -0.05) is 92.4 Å². The van der Waals surface area contributed by atoms with Crippen LogP contribution in [0.4, 0.5) is 0 Å². The van der Waals surface area contributed by atoms with Gasteiger partial charge in [-0.25, -0.2) is 0 Å². The van der Waals surface area contributed by atoms with Gasteiger partial charge in [0.25, 0.3) is 0 Å². The molecule has 0 bridgehead atoms. The van der Waals surface area contributed by atoms with E-state index in [0.29, 0.717) is 12.5 Å². The lowest BCUT2D eigenvalue weighted by molar-refractivity contribution is -0.331. The molecule has 44 heavy (non-hydrogen) atoms. The third-order valence-corrected chi connectivity index (χ3v) is 9.33. The smallest absolute Gasteiger partial charge is 0.186 e. The molecule has 2 fully saturated rings. The highest BCUT2D eigenvalue weighted by atomic mass is 16.7. The third-order valence-electron chi connectivity index (χ3n) is 9.33. The Balaban J connectivity index is 1.63. The lowest BCUT2D eigenvalue weighted by Crippen LogP contribution is -2.61. The molecule has 0 aromatic heterocycles. The summed E-state index contributed by atoms with van der Waals surface area (Å²) in [4.78, 5) is 0. The van der Waals surface area contributed by atoms with Crippen LogP contribution >= 0.6 is 0 Å². The summed E-state index contributed by atoms with van der Waals surface area (Å²) >= 11 is 0. The Morgan fingerprint density at radius 1 is 0.500 bits per heavy atom. The van der Waals surface area contributed by atoms with E-state index >= 15 is 0 Å².